The van der Waals surface area contributed by atoms with Crippen LogP contribution in [0.3, 0.4) is 0 Å². The van der Waals surface area contributed by atoms with E-state index in [0.717, 1.165) is 30.4 Å². The predicted octanol–water partition coefficient (Wildman–Crippen LogP) is 4.56. The Morgan fingerprint density at radius 2 is 2.12 bits per heavy atom. The van der Waals surface area contributed by atoms with Crippen LogP contribution in [0.5, 0.6) is 5.75 Å². The van der Waals surface area contributed by atoms with E-state index in [4.69, 9.17) is 4.74 Å². The SMILES string of the molecule is CCC(CCNC)c1c[nH]c2nc(Nc3ccc(OC)c(F)c3)ccc12. The van der Waals surface area contributed by atoms with E-state index in [0.29, 0.717) is 17.4 Å². The average molecular weight is 356 g/mol. The van der Waals surface area contributed by atoms with Gasteiger partial charge in [-0.3, -0.25) is 0 Å². The Labute approximate surface area is 153 Å². The number of ether oxygens (including phenoxy) is 1. The summed E-state index contributed by atoms with van der Waals surface area (Å²) in [6, 6.07) is 8.75. The summed E-state index contributed by atoms with van der Waals surface area (Å²) in [6.45, 7) is 3.20. The highest BCUT2D eigenvalue weighted by atomic mass is 19.1. The first-order valence-electron chi connectivity index (χ1n) is 8.89. The van der Waals surface area contributed by atoms with E-state index in [-0.39, 0.29) is 5.75 Å². The van der Waals surface area contributed by atoms with Crippen molar-refractivity contribution in [2.75, 3.05) is 26.0 Å². The Bertz CT molecular complexity index is 877. The third kappa shape index (κ3) is 3.80. The summed E-state index contributed by atoms with van der Waals surface area (Å²) in [5.41, 5.74) is 2.76. The fourth-order valence-electron chi connectivity index (χ4n) is 3.22. The van der Waals surface area contributed by atoms with Crippen LogP contribution in [0.25, 0.3) is 11.0 Å². The van der Waals surface area contributed by atoms with Crippen LogP contribution in [0.2, 0.25) is 0 Å². The van der Waals surface area contributed by atoms with Crippen molar-refractivity contribution in [2.24, 2.45) is 0 Å². The molecule has 26 heavy (non-hydrogen) atoms. The number of H-pyrrole nitrogens is 1. The number of benzene rings is 1. The molecule has 6 heteroatoms. The van der Waals surface area contributed by atoms with Crippen molar-refractivity contribution in [3.05, 3.63) is 47.9 Å². The Morgan fingerprint density at radius 3 is 2.81 bits per heavy atom. The zero-order chi connectivity index (χ0) is 18.5. The van der Waals surface area contributed by atoms with E-state index in [1.807, 2.05) is 13.1 Å². The molecule has 0 aliphatic carbocycles. The van der Waals surface area contributed by atoms with Crippen LogP contribution in [0.4, 0.5) is 15.9 Å². The van der Waals surface area contributed by atoms with Crippen molar-refractivity contribution in [3.63, 3.8) is 0 Å². The number of aromatic nitrogens is 2. The number of methoxy groups -OCH3 is 1. The molecule has 0 saturated heterocycles. The topological polar surface area (TPSA) is 62.0 Å². The van der Waals surface area contributed by atoms with Gasteiger partial charge in [0.1, 0.15) is 11.5 Å². The molecule has 0 aliphatic heterocycles. The number of pyridine rings is 1. The number of halogens is 1. The summed E-state index contributed by atoms with van der Waals surface area (Å²) in [5.74, 6) is 0.974. The smallest absolute Gasteiger partial charge is 0.167 e. The summed E-state index contributed by atoms with van der Waals surface area (Å²) >= 11 is 0. The van der Waals surface area contributed by atoms with Gasteiger partial charge in [-0.1, -0.05) is 6.92 Å². The van der Waals surface area contributed by atoms with Gasteiger partial charge in [-0.25, -0.2) is 9.37 Å². The lowest BCUT2D eigenvalue weighted by Crippen LogP contribution is -2.11. The molecule has 1 aromatic carbocycles. The van der Waals surface area contributed by atoms with Crippen LogP contribution in [0.1, 0.15) is 31.2 Å². The number of aromatic amines is 1. The van der Waals surface area contributed by atoms with Crippen LogP contribution in [-0.2, 0) is 0 Å². The van der Waals surface area contributed by atoms with E-state index >= 15 is 0 Å². The molecule has 0 saturated carbocycles. The highest BCUT2D eigenvalue weighted by molar-refractivity contribution is 5.82. The number of hydrogen-bond acceptors (Lipinski definition) is 4. The molecular formula is C20H25FN4O. The standard InChI is InChI=1S/C20H25FN4O/c1-4-13(9-10-22-2)16-12-23-20-15(16)6-8-19(25-20)24-14-5-7-18(26-3)17(21)11-14/h5-8,11-13,22H,4,9-10H2,1-3H3,(H2,23,24,25). The zero-order valence-corrected chi connectivity index (χ0v) is 15.4. The number of fused-ring (bicyclic) bond motifs is 1. The van der Waals surface area contributed by atoms with Crippen molar-refractivity contribution in [1.29, 1.82) is 0 Å². The normalized spacial score (nSPS) is 12.3. The highest BCUT2D eigenvalue weighted by Crippen LogP contribution is 2.31. The quantitative estimate of drug-likeness (QED) is 0.554. The van der Waals surface area contributed by atoms with Crippen molar-refractivity contribution in [1.82, 2.24) is 15.3 Å². The molecule has 1 unspecified atom stereocenters. The Morgan fingerprint density at radius 1 is 1.27 bits per heavy atom. The van der Waals surface area contributed by atoms with Crippen LogP contribution >= 0.6 is 0 Å². The van der Waals surface area contributed by atoms with Crippen LogP contribution in [0, 0.1) is 5.82 Å². The number of hydrogen-bond donors (Lipinski definition) is 3. The maximum absolute atomic E-state index is 13.8. The lowest BCUT2D eigenvalue weighted by molar-refractivity contribution is 0.386. The van der Waals surface area contributed by atoms with Crippen LogP contribution < -0.4 is 15.4 Å². The second-order valence-corrected chi connectivity index (χ2v) is 6.31. The van der Waals surface area contributed by atoms with E-state index < -0.39 is 5.82 Å². The van der Waals surface area contributed by atoms with Crippen molar-refractivity contribution < 1.29 is 9.13 Å². The third-order valence-corrected chi connectivity index (χ3v) is 4.67. The Balaban J connectivity index is 1.83. The van der Waals surface area contributed by atoms with Crippen LogP contribution in [-0.4, -0.2) is 30.7 Å². The minimum absolute atomic E-state index is 0.222. The van der Waals surface area contributed by atoms with Gasteiger partial charge in [-0.05, 0) is 62.2 Å². The fourth-order valence-corrected chi connectivity index (χ4v) is 3.22. The van der Waals surface area contributed by atoms with E-state index in [1.165, 1.54) is 18.7 Å². The maximum Gasteiger partial charge on any atom is 0.167 e. The number of nitrogens with one attached hydrogen (secondary N) is 3. The molecule has 3 N–H and O–H groups in total. The first-order chi connectivity index (χ1) is 12.7. The van der Waals surface area contributed by atoms with Gasteiger partial charge < -0.3 is 20.4 Å². The zero-order valence-electron chi connectivity index (χ0n) is 15.4. The Kier molecular flexibility index (Phi) is 5.73. The lowest BCUT2D eigenvalue weighted by Gasteiger charge is -2.14. The van der Waals surface area contributed by atoms with E-state index in [9.17, 15) is 4.39 Å². The third-order valence-electron chi connectivity index (χ3n) is 4.67. The molecule has 1 atom stereocenters. The van der Waals surface area contributed by atoms with Crippen molar-refractivity contribution >= 4 is 22.5 Å². The first-order valence-corrected chi connectivity index (χ1v) is 8.89. The highest BCUT2D eigenvalue weighted by Gasteiger charge is 2.15. The lowest BCUT2D eigenvalue weighted by atomic mass is 9.93. The number of nitrogens with zero attached hydrogens (tertiary/aromatic N) is 1. The second-order valence-electron chi connectivity index (χ2n) is 6.31. The van der Waals surface area contributed by atoms with Gasteiger partial charge >= 0.3 is 0 Å². The first kappa shape index (κ1) is 18.2. The average Bonchev–Trinajstić information content (AvgIpc) is 3.06. The molecule has 2 aromatic heterocycles. The molecule has 3 rings (SSSR count). The number of anilines is 2. The molecule has 0 spiro atoms. The summed E-state index contributed by atoms with van der Waals surface area (Å²) in [7, 11) is 3.42. The molecule has 0 aliphatic rings. The summed E-state index contributed by atoms with van der Waals surface area (Å²) in [5, 5.41) is 7.49. The molecule has 0 amide bonds. The molecule has 0 fully saturated rings. The summed E-state index contributed by atoms with van der Waals surface area (Å²) in [6.07, 6.45) is 4.23. The molecule has 0 bridgehead atoms. The van der Waals surface area contributed by atoms with Crippen molar-refractivity contribution in [2.45, 2.75) is 25.7 Å². The van der Waals surface area contributed by atoms with Gasteiger partial charge in [0.05, 0.1) is 7.11 Å². The van der Waals surface area contributed by atoms with Gasteiger partial charge in [-0.15, -0.1) is 0 Å². The van der Waals surface area contributed by atoms with Crippen LogP contribution in [0.15, 0.2) is 36.5 Å². The van der Waals surface area contributed by atoms with E-state index in [1.54, 1.807) is 12.1 Å². The van der Waals surface area contributed by atoms with Crippen molar-refractivity contribution in [3.8, 4) is 5.75 Å². The minimum atomic E-state index is -0.406. The van der Waals surface area contributed by atoms with Gasteiger partial charge in [0, 0.05) is 23.3 Å². The fraction of sp³-hybridized carbons (Fsp3) is 0.350. The number of rotatable bonds is 8. The van der Waals surface area contributed by atoms with Gasteiger partial charge in [0.15, 0.2) is 11.6 Å². The monoisotopic (exact) mass is 356 g/mol. The molecule has 5 nitrogen and oxygen atoms in total. The summed E-state index contributed by atoms with van der Waals surface area (Å²) < 4.78 is 18.8. The van der Waals surface area contributed by atoms with Gasteiger partial charge in [0.2, 0.25) is 0 Å². The summed E-state index contributed by atoms with van der Waals surface area (Å²) in [4.78, 5) is 7.89. The molecule has 2 heterocycles. The minimum Gasteiger partial charge on any atom is -0.494 e. The second kappa shape index (κ2) is 8.19. The van der Waals surface area contributed by atoms with E-state index in [2.05, 4.69) is 39.8 Å². The molecule has 138 valence electrons. The molecular weight excluding hydrogens is 331 g/mol. The maximum atomic E-state index is 13.8. The molecule has 0 radical (unpaired) electrons. The largest absolute Gasteiger partial charge is 0.494 e. The molecule has 3 aromatic rings. The Hall–Kier alpha value is -2.60. The van der Waals surface area contributed by atoms with Gasteiger partial charge in [-0.2, -0.15) is 0 Å². The predicted molar refractivity (Wildman–Crippen MR) is 104 cm³/mol. The van der Waals surface area contributed by atoms with Gasteiger partial charge in [0.25, 0.3) is 0 Å².